The van der Waals surface area contributed by atoms with Crippen molar-refractivity contribution >= 4 is 12.4 Å². The SMILES string of the molecule is CNC1CCN(Cc2nc(-c3ccco3)no2)CC1.Cl. The van der Waals surface area contributed by atoms with E-state index in [1.165, 1.54) is 0 Å². The number of likely N-dealkylation sites (tertiary alicyclic amines) is 1. The highest BCUT2D eigenvalue weighted by Gasteiger charge is 2.20. The van der Waals surface area contributed by atoms with Gasteiger partial charge in [-0.3, -0.25) is 4.90 Å². The monoisotopic (exact) mass is 298 g/mol. The topological polar surface area (TPSA) is 67.3 Å². The molecule has 7 heteroatoms. The van der Waals surface area contributed by atoms with Gasteiger partial charge in [-0.25, -0.2) is 0 Å². The van der Waals surface area contributed by atoms with E-state index in [0.717, 1.165) is 25.9 Å². The summed E-state index contributed by atoms with van der Waals surface area (Å²) in [7, 11) is 2.02. The summed E-state index contributed by atoms with van der Waals surface area (Å²) >= 11 is 0. The maximum absolute atomic E-state index is 5.27. The molecule has 0 amide bonds. The third-order valence-electron chi connectivity index (χ3n) is 3.56. The number of hydrogen-bond donors (Lipinski definition) is 1. The number of furan rings is 1. The zero-order valence-electron chi connectivity index (χ0n) is 11.4. The van der Waals surface area contributed by atoms with Crippen molar-refractivity contribution in [3.63, 3.8) is 0 Å². The largest absolute Gasteiger partial charge is 0.461 e. The smallest absolute Gasteiger partial charge is 0.241 e. The number of rotatable bonds is 4. The lowest BCUT2D eigenvalue weighted by molar-refractivity contribution is 0.173. The fourth-order valence-electron chi connectivity index (χ4n) is 2.40. The zero-order chi connectivity index (χ0) is 13.1. The lowest BCUT2D eigenvalue weighted by Crippen LogP contribution is -2.40. The van der Waals surface area contributed by atoms with E-state index in [-0.39, 0.29) is 12.4 Å². The molecule has 1 saturated heterocycles. The Kier molecular flexibility index (Phi) is 5.17. The molecule has 1 aliphatic heterocycles. The molecule has 0 radical (unpaired) electrons. The van der Waals surface area contributed by atoms with Crippen LogP contribution in [0, 0.1) is 0 Å². The maximum Gasteiger partial charge on any atom is 0.241 e. The zero-order valence-corrected chi connectivity index (χ0v) is 12.2. The van der Waals surface area contributed by atoms with E-state index in [0.29, 0.717) is 30.1 Å². The Bertz CT molecular complexity index is 506. The molecule has 0 aromatic carbocycles. The van der Waals surface area contributed by atoms with Gasteiger partial charge in [0.1, 0.15) is 0 Å². The van der Waals surface area contributed by atoms with Crippen molar-refractivity contribution < 1.29 is 8.94 Å². The maximum atomic E-state index is 5.27. The van der Waals surface area contributed by atoms with Crippen LogP contribution in [-0.2, 0) is 6.54 Å². The van der Waals surface area contributed by atoms with Gasteiger partial charge in [-0.2, -0.15) is 4.98 Å². The molecule has 0 atom stereocenters. The van der Waals surface area contributed by atoms with Crippen molar-refractivity contribution in [2.75, 3.05) is 20.1 Å². The van der Waals surface area contributed by atoms with Gasteiger partial charge >= 0.3 is 0 Å². The van der Waals surface area contributed by atoms with E-state index in [2.05, 4.69) is 20.4 Å². The van der Waals surface area contributed by atoms with Crippen molar-refractivity contribution in [2.24, 2.45) is 0 Å². The van der Waals surface area contributed by atoms with Crippen LogP contribution in [0.1, 0.15) is 18.7 Å². The Hall–Kier alpha value is -1.37. The first kappa shape index (κ1) is 15.0. The summed E-state index contributed by atoms with van der Waals surface area (Å²) in [6, 6.07) is 4.28. The summed E-state index contributed by atoms with van der Waals surface area (Å²) in [5.74, 6) is 1.81. The average Bonchev–Trinajstić information content (AvgIpc) is 3.10. The normalized spacial score (nSPS) is 17.1. The minimum atomic E-state index is 0. The number of hydrogen-bond acceptors (Lipinski definition) is 6. The molecule has 110 valence electrons. The molecule has 0 saturated carbocycles. The summed E-state index contributed by atoms with van der Waals surface area (Å²) in [6.07, 6.45) is 3.93. The Labute approximate surface area is 123 Å². The molecule has 0 aliphatic carbocycles. The van der Waals surface area contributed by atoms with E-state index >= 15 is 0 Å². The number of nitrogens with zero attached hydrogens (tertiary/aromatic N) is 3. The summed E-state index contributed by atoms with van der Waals surface area (Å²) in [5, 5.41) is 7.26. The van der Waals surface area contributed by atoms with E-state index in [4.69, 9.17) is 8.94 Å². The molecular formula is C13H19ClN4O2. The van der Waals surface area contributed by atoms with E-state index in [9.17, 15) is 0 Å². The Morgan fingerprint density at radius 1 is 1.40 bits per heavy atom. The molecule has 2 aromatic heterocycles. The van der Waals surface area contributed by atoms with Gasteiger partial charge in [0.15, 0.2) is 5.76 Å². The summed E-state index contributed by atoms with van der Waals surface area (Å²) in [5.41, 5.74) is 0. The van der Waals surface area contributed by atoms with Crippen molar-refractivity contribution in [2.45, 2.75) is 25.4 Å². The van der Waals surface area contributed by atoms with Gasteiger partial charge in [-0.05, 0) is 32.0 Å². The number of piperidine rings is 1. The minimum Gasteiger partial charge on any atom is -0.461 e. The van der Waals surface area contributed by atoms with Crippen molar-refractivity contribution in [3.05, 3.63) is 24.3 Å². The quantitative estimate of drug-likeness (QED) is 0.930. The molecule has 1 N–H and O–H groups in total. The van der Waals surface area contributed by atoms with E-state index in [1.807, 2.05) is 19.2 Å². The fraction of sp³-hybridized carbons (Fsp3) is 0.538. The molecule has 1 aliphatic rings. The highest BCUT2D eigenvalue weighted by molar-refractivity contribution is 5.85. The van der Waals surface area contributed by atoms with Crippen LogP contribution < -0.4 is 5.32 Å². The van der Waals surface area contributed by atoms with Gasteiger partial charge in [0.25, 0.3) is 0 Å². The molecule has 3 heterocycles. The van der Waals surface area contributed by atoms with Crippen molar-refractivity contribution in [3.8, 4) is 11.6 Å². The van der Waals surface area contributed by atoms with Crippen molar-refractivity contribution in [1.29, 1.82) is 0 Å². The Morgan fingerprint density at radius 2 is 2.20 bits per heavy atom. The van der Waals surface area contributed by atoms with E-state index < -0.39 is 0 Å². The molecule has 2 aromatic rings. The number of nitrogens with one attached hydrogen (secondary N) is 1. The Morgan fingerprint density at radius 3 is 2.85 bits per heavy atom. The van der Waals surface area contributed by atoms with Crippen LogP contribution >= 0.6 is 12.4 Å². The standard InChI is InChI=1S/C13H18N4O2.ClH/c1-14-10-4-6-17(7-5-10)9-12-15-13(16-19-12)11-3-2-8-18-11;/h2-3,8,10,14H,4-7,9H2,1H3;1H. The van der Waals surface area contributed by atoms with Crippen LogP contribution in [-0.4, -0.2) is 41.2 Å². The van der Waals surface area contributed by atoms with Crippen LogP contribution in [0.15, 0.2) is 27.3 Å². The van der Waals surface area contributed by atoms with Gasteiger partial charge in [0.05, 0.1) is 12.8 Å². The first-order valence-electron chi connectivity index (χ1n) is 6.61. The van der Waals surface area contributed by atoms with Gasteiger partial charge in [0.2, 0.25) is 11.7 Å². The molecule has 0 unspecified atom stereocenters. The van der Waals surface area contributed by atoms with Crippen LogP contribution in [0.4, 0.5) is 0 Å². The molecule has 20 heavy (non-hydrogen) atoms. The van der Waals surface area contributed by atoms with Gasteiger partial charge in [-0.15, -0.1) is 12.4 Å². The third-order valence-corrected chi connectivity index (χ3v) is 3.56. The van der Waals surface area contributed by atoms with Crippen LogP contribution in [0.3, 0.4) is 0 Å². The van der Waals surface area contributed by atoms with Crippen LogP contribution in [0.5, 0.6) is 0 Å². The average molecular weight is 299 g/mol. The summed E-state index contributed by atoms with van der Waals surface area (Å²) in [6.45, 7) is 2.83. The van der Waals surface area contributed by atoms with Crippen LogP contribution in [0.25, 0.3) is 11.6 Å². The molecule has 6 nitrogen and oxygen atoms in total. The second-order valence-corrected chi connectivity index (χ2v) is 4.83. The lowest BCUT2D eigenvalue weighted by Gasteiger charge is -2.30. The lowest BCUT2D eigenvalue weighted by atomic mass is 10.1. The Balaban J connectivity index is 0.00000147. The van der Waals surface area contributed by atoms with Gasteiger partial charge < -0.3 is 14.3 Å². The highest BCUT2D eigenvalue weighted by atomic mass is 35.5. The first-order chi connectivity index (χ1) is 9.35. The molecular weight excluding hydrogens is 280 g/mol. The number of halogens is 1. The summed E-state index contributed by atoms with van der Waals surface area (Å²) < 4.78 is 10.5. The van der Waals surface area contributed by atoms with Gasteiger partial charge in [-0.1, -0.05) is 5.16 Å². The van der Waals surface area contributed by atoms with Crippen LogP contribution in [0.2, 0.25) is 0 Å². The highest BCUT2D eigenvalue weighted by Crippen LogP contribution is 2.17. The molecule has 0 bridgehead atoms. The summed E-state index contributed by atoms with van der Waals surface area (Å²) in [4.78, 5) is 6.70. The van der Waals surface area contributed by atoms with Crippen molar-refractivity contribution in [1.82, 2.24) is 20.4 Å². The number of aromatic nitrogens is 2. The fourth-order valence-corrected chi connectivity index (χ4v) is 2.40. The van der Waals surface area contributed by atoms with Gasteiger partial charge in [0, 0.05) is 19.1 Å². The molecule has 3 rings (SSSR count). The first-order valence-corrected chi connectivity index (χ1v) is 6.61. The predicted molar refractivity (Wildman–Crippen MR) is 76.6 cm³/mol. The molecule has 0 spiro atoms. The third kappa shape index (κ3) is 3.39. The second-order valence-electron chi connectivity index (χ2n) is 4.83. The van der Waals surface area contributed by atoms with E-state index in [1.54, 1.807) is 6.26 Å². The second kappa shape index (κ2) is 6.88. The molecule has 1 fully saturated rings. The predicted octanol–water partition coefficient (Wildman–Crippen LogP) is 1.94. The minimum absolute atomic E-state index is 0.